The minimum atomic E-state index is -1.03. The molecule has 5 rings (SSSR count). The standard InChI is InChI=1S/C30H26ClF2N3O3/c1-3-4-14-39-26(37)17-35-18(2)27(23-15-20(31)12-13-25(23)35)29-21-9-5-6-10-22(21)30(38)36(34-29)16-19-8-7-11-24(32)28(19)33/h5-13,15H,3-4,14,16-17H2,1-2H3. The molecule has 0 saturated heterocycles. The minimum absolute atomic E-state index is 0.00264. The summed E-state index contributed by atoms with van der Waals surface area (Å²) in [6.45, 7) is 3.95. The minimum Gasteiger partial charge on any atom is -0.464 e. The molecule has 0 aliphatic rings. The van der Waals surface area contributed by atoms with E-state index in [4.69, 9.17) is 16.3 Å². The number of halogens is 3. The summed E-state index contributed by atoms with van der Waals surface area (Å²) in [5.41, 5.74) is 2.18. The summed E-state index contributed by atoms with van der Waals surface area (Å²) in [6.07, 6.45) is 1.69. The van der Waals surface area contributed by atoms with Crippen LogP contribution in [-0.4, -0.2) is 26.9 Å². The lowest BCUT2D eigenvalue weighted by molar-refractivity contribution is -0.144. The summed E-state index contributed by atoms with van der Waals surface area (Å²) >= 11 is 6.39. The number of nitrogens with zero attached hydrogens (tertiary/aromatic N) is 3. The lowest BCUT2D eigenvalue weighted by atomic mass is 10.0. The van der Waals surface area contributed by atoms with Gasteiger partial charge in [-0.15, -0.1) is 0 Å². The average Bonchev–Trinajstić information content (AvgIpc) is 3.18. The molecule has 0 fully saturated rings. The summed E-state index contributed by atoms with van der Waals surface area (Å²) in [5.74, 6) is -2.39. The number of unbranched alkanes of at least 4 members (excludes halogenated alkanes) is 1. The normalized spacial score (nSPS) is 11.4. The van der Waals surface area contributed by atoms with Gasteiger partial charge in [0.05, 0.1) is 18.5 Å². The molecule has 5 aromatic rings. The molecule has 0 aliphatic carbocycles. The van der Waals surface area contributed by atoms with Crippen molar-refractivity contribution in [1.29, 1.82) is 0 Å². The average molecular weight is 550 g/mol. The van der Waals surface area contributed by atoms with Crippen molar-refractivity contribution >= 4 is 39.2 Å². The number of ether oxygens (including phenoxy) is 1. The molecular formula is C30H26ClF2N3O3. The van der Waals surface area contributed by atoms with Crippen LogP contribution < -0.4 is 5.56 Å². The van der Waals surface area contributed by atoms with Gasteiger partial charge in [-0.05, 0) is 43.7 Å². The van der Waals surface area contributed by atoms with Gasteiger partial charge in [-0.25, -0.2) is 13.5 Å². The Labute approximate surface area is 228 Å². The number of fused-ring (bicyclic) bond motifs is 2. The van der Waals surface area contributed by atoms with E-state index in [1.807, 2.05) is 24.5 Å². The van der Waals surface area contributed by atoms with E-state index < -0.39 is 17.2 Å². The zero-order chi connectivity index (χ0) is 27.7. The molecule has 0 aliphatic heterocycles. The maximum Gasteiger partial charge on any atom is 0.325 e. The number of benzene rings is 3. The molecule has 0 atom stereocenters. The Morgan fingerprint density at radius 3 is 2.56 bits per heavy atom. The molecule has 3 aromatic carbocycles. The van der Waals surface area contributed by atoms with Crippen LogP contribution in [0.1, 0.15) is 31.0 Å². The zero-order valence-electron chi connectivity index (χ0n) is 21.5. The number of esters is 1. The highest BCUT2D eigenvalue weighted by Gasteiger charge is 2.23. The first kappa shape index (κ1) is 26.6. The van der Waals surface area contributed by atoms with E-state index >= 15 is 0 Å². The number of aromatic nitrogens is 3. The van der Waals surface area contributed by atoms with E-state index in [0.29, 0.717) is 33.7 Å². The number of hydrogen-bond acceptors (Lipinski definition) is 4. The maximum absolute atomic E-state index is 14.5. The SMILES string of the molecule is CCCCOC(=O)Cn1c(C)c(-c2nn(Cc3cccc(F)c3F)c(=O)c3ccccc23)c2cc(Cl)ccc21. The van der Waals surface area contributed by atoms with Crippen LogP contribution in [0.5, 0.6) is 0 Å². The van der Waals surface area contributed by atoms with Crippen LogP contribution in [0, 0.1) is 18.6 Å². The Morgan fingerprint density at radius 2 is 1.79 bits per heavy atom. The second-order valence-electron chi connectivity index (χ2n) is 9.35. The molecule has 39 heavy (non-hydrogen) atoms. The van der Waals surface area contributed by atoms with Crippen molar-refractivity contribution in [2.45, 2.75) is 39.8 Å². The second-order valence-corrected chi connectivity index (χ2v) is 9.79. The highest BCUT2D eigenvalue weighted by atomic mass is 35.5. The van der Waals surface area contributed by atoms with Crippen molar-refractivity contribution in [3.63, 3.8) is 0 Å². The van der Waals surface area contributed by atoms with Gasteiger partial charge in [-0.2, -0.15) is 5.10 Å². The first-order valence-electron chi connectivity index (χ1n) is 12.7. The van der Waals surface area contributed by atoms with Gasteiger partial charge in [0.2, 0.25) is 0 Å². The molecular weight excluding hydrogens is 524 g/mol. The molecule has 0 saturated carbocycles. The first-order valence-corrected chi connectivity index (χ1v) is 13.0. The lowest BCUT2D eigenvalue weighted by Gasteiger charge is -2.13. The third-order valence-electron chi connectivity index (χ3n) is 6.79. The monoisotopic (exact) mass is 549 g/mol. The molecule has 0 radical (unpaired) electrons. The molecule has 0 spiro atoms. The maximum atomic E-state index is 14.5. The Balaban J connectivity index is 1.72. The molecule has 0 amide bonds. The quantitative estimate of drug-likeness (QED) is 0.160. The third-order valence-corrected chi connectivity index (χ3v) is 7.02. The molecule has 2 aromatic heterocycles. The van der Waals surface area contributed by atoms with Crippen LogP contribution in [0.2, 0.25) is 5.02 Å². The summed E-state index contributed by atoms with van der Waals surface area (Å²) in [7, 11) is 0. The van der Waals surface area contributed by atoms with Crippen LogP contribution in [0.3, 0.4) is 0 Å². The van der Waals surface area contributed by atoms with Gasteiger partial charge < -0.3 is 9.30 Å². The van der Waals surface area contributed by atoms with E-state index in [9.17, 15) is 18.4 Å². The van der Waals surface area contributed by atoms with Crippen molar-refractivity contribution in [1.82, 2.24) is 14.3 Å². The number of rotatable bonds is 8. The Bertz CT molecular complexity index is 1780. The van der Waals surface area contributed by atoms with Gasteiger partial charge in [-0.3, -0.25) is 9.59 Å². The zero-order valence-corrected chi connectivity index (χ0v) is 22.3. The molecule has 0 unspecified atom stereocenters. The van der Waals surface area contributed by atoms with E-state index in [1.165, 1.54) is 12.1 Å². The number of carbonyl (C=O) groups excluding carboxylic acids is 1. The molecule has 0 bridgehead atoms. The molecule has 9 heteroatoms. The summed E-state index contributed by atoms with van der Waals surface area (Å²) in [4.78, 5) is 26.1. The van der Waals surface area contributed by atoms with Crippen LogP contribution in [0.15, 0.2) is 65.5 Å². The fourth-order valence-corrected chi connectivity index (χ4v) is 4.99. The van der Waals surface area contributed by atoms with Crippen molar-refractivity contribution in [2.75, 3.05) is 6.61 Å². The first-order chi connectivity index (χ1) is 18.8. The fourth-order valence-electron chi connectivity index (χ4n) is 4.82. The van der Waals surface area contributed by atoms with E-state index in [1.54, 1.807) is 36.4 Å². The lowest BCUT2D eigenvalue weighted by Crippen LogP contribution is -2.25. The van der Waals surface area contributed by atoms with Crippen LogP contribution in [0.4, 0.5) is 8.78 Å². The van der Waals surface area contributed by atoms with Crippen molar-refractivity contribution in [3.8, 4) is 11.3 Å². The molecule has 200 valence electrons. The van der Waals surface area contributed by atoms with Gasteiger partial charge in [0.25, 0.3) is 5.56 Å². The summed E-state index contributed by atoms with van der Waals surface area (Å²) < 4.78 is 36.8. The molecule has 2 heterocycles. The highest BCUT2D eigenvalue weighted by molar-refractivity contribution is 6.31. The second kappa shape index (κ2) is 11.0. The number of carbonyl (C=O) groups is 1. The summed E-state index contributed by atoms with van der Waals surface area (Å²) in [5, 5.41) is 6.87. The van der Waals surface area contributed by atoms with Crippen LogP contribution >= 0.6 is 11.6 Å². The Morgan fingerprint density at radius 1 is 1.03 bits per heavy atom. The Hall–Kier alpha value is -4.04. The van der Waals surface area contributed by atoms with Crippen molar-refractivity contribution < 1.29 is 18.3 Å². The molecule has 0 N–H and O–H groups in total. The van der Waals surface area contributed by atoms with Gasteiger partial charge in [0, 0.05) is 38.1 Å². The van der Waals surface area contributed by atoms with Crippen molar-refractivity contribution in [2.24, 2.45) is 0 Å². The largest absolute Gasteiger partial charge is 0.464 e. The van der Waals surface area contributed by atoms with Crippen LogP contribution in [-0.2, 0) is 22.6 Å². The van der Waals surface area contributed by atoms with Gasteiger partial charge >= 0.3 is 5.97 Å². The van der Waals surface area contributed by atoms with E-state index in [0.717, 1.165) is 40.2 Å². The van der Waals surface area contributed by atoms with Gasteiger partial charge in [0.15, 0.2) is 11.6 Å². The fraction of sp³-hybridized carbons (Fsp3) is 0.233. The van der Waals surface area contributed by atoms with Crippen LogP contribution in [0.25, 0.3) is 32.9 Å². The smallest absolute Gasteiger partial charge is 0.325 e. The number of hydrogen-bond donors (Lipinski definition) is 0. The summed E-state index contributed by atoms with van der Waals surface area (Å²) in [6, 6.07) is 16.2. The predicted octanol–water partition coefficient (Wildman–Crippen LogP) is 6.65. The van der Waals surface area contributed by atoms with Gasteiger partial charge in [-0.1, -0.05) is 55.3 Å². The third kappa shape index (κ3) is 5.04. The Kier molecular flexibility index (Phi) is 7.48. The predicted molar refractivity (Wildman–Crippen MR) is 148 cm³/mol. The highest BCUT2D eigenvalue weighted by Crippen LogP contribution is 2.37. The topological polar surface area (TPSA) is 66.1 Å². The van der Waals surface area contributed by atoms with E-state index in [2.05, 4.69) is 5.10 Å². The van der Waals surface area contributed by atoms with E-state index in [-0.39, 0.29) is 24.6 Å². The van der Waals surface area contributed by atoms with Crippen molar-refractivity contribution in [3.05, 3.63) is 98.9 Å². The van der Waals surface area contributed by atoms with Gasteiger partial charge in [0.1, 0.15) is 12.2 Å². The molecule has 6 nitrogen and oxygen atoms in total.